The summed E-state index contributed by atoms with van der Waals surface area (Å²) in [6.07, 6.45) is 0. The molecule has 0 aromatic heterocycles. The van der Waals surface area contributed by atoms with E-state index in [1.165, 1.54) is 18.2 Å². The highest BCUT2D eigenvalue weighted by Crippen LogP contribution is 2.21. The van der Waals surface area contributed by atoms with E-state index in [0.717, 1.165) is 0 Å². The largest absolute Gasteiger partial charge is 0.508 e. The number of benzene rings is 1. The zero-order valence-corrected chi connectivity index (χ0v) is 10.8. The monoisotopic (exact) mass is 252 g/mol. The summed E-state index contributed by atoms with van der Waals surface area (Å²) in [6, 6.07) is 3.88. The molecular formula is C13H20N2O3. The number of nitrogens with zero attached hydrogens (tertiary/aromatic N) is 1. The van der Waals surface area contributed by atoms with Crippen molar-refractivity contribution in [3.63, 3.8) is 0 Å². The lowest BCUT2D eigenvalue weighted by molar-refractivity contribution is 0.0743. The summed E-state index contributed by atoms with van der Waals surface area (Å²) >= 11 is 0. The van der Waals surface area contributed by atoms with Gasteiger partial charge in [0, 0.05) is 24.7 Å². The second-order valence-electron chi connectivity index (χ2n) is 4.42. The third-order valence-corrected chi connectivity index (χ3v) is 2.75. The van der Waals surface area contributed by atoms with E-state index in [1.54, 1.807) is 4.90 Å². The number of carbonyl (C=O) groups excluding carboxylic acids is 1. The molecule has 0 aliphatic carbocycles. The lowest BCUT2D eigenvalue weighted by atomic mass is 10.1. The molecule has 0 heterocycles. The van der Waals surface area contributed by atoms with E-state index in [1.807, 2.05) is 13.8 Å². The van der Waals surface area contributed by atoms with E-state index in [-0.39, 0.29) is 28.9 Å². The molecule has 18 heavy (non-hydrogen) atoms. The normalized spacial score (nSPS) is 12.2. The molecular weight excluding hydrogens is 232 g/mol. The molecule has 1 amide bonds. The zero-order valence-electron chi connectivity index (χ0n) is 10.8. The Morgan fingerprint density at radius 3 is 2.33 bits per heavy atom. The van der Waals surface area contributed by atoms with Gasteiger partial charge in [0.1, 0.15) is 11.5 Å². The fraction of sp³-hybridized carbons (Fsp3) is 0.462. The van der Waals surface area contributed by atoms with Crippen molar-refractivity contribution in [2.45, 2.75) is 13.8 Å². The second-order valence-corrected chi connectivity index (χ2v) is 4.42. The molecule has 0 aliphatic rings. The number of hydrogen-bond donors (Lipinski definition) is 3. The summed E-state index contributed by atoms with van der Waals surface area (Å²) in [5.74, 6) is -0.258. The van der Waals surface area contributed by atoms with Gasteiger partial charge in [0.05, 0.1) is 0 Å². The number of aromatic hydroxyl groups is 2. The van der Waals surface area contributed by atoms with Gasteiger partial charge in [-0.05, 0) is 31.5 Å². The molecule has 5 heteroatoms. The van der Waals surface area contributed by atoms with Gasteiger partial charge in [-0.3, -0.25) is 4.79 Å². The van der Waals surface area contributed by atoms with E-state index in [2.05, 4.69) is 0 Å². The summed E-state index contributed by atoms with van der Waals surface area (Å²) in [5, 5.41) is 18.7. The Morgan fingerprint density at radius 2 is 1.89 bits per heavy atom. The average molecular weight is 252 g/mol. The number of phenols is 2. The molecule has 5 nitrogen and oxygen atoms in total. The molecule has 100 valence electrons. The predicted molar refractivity (Wildman–Crippen MR) is 69.6 cm³/mol. The van der Waals surface area contributed by atoms with E-state index >= 15 is 0 Å². The number of nitrogens with two attached hydrogens (primary N) is 1. The van der Waals surface area contributed by atoms with E-state index < -0.39 is 0 Å². The van der Waals surface area contributed by atoms with Gasteiger partial charge in [-0.15, -0.1) is 0 Å². The Labute approximate surface area is 107 Å². The Morgan fingerprint density at radius 1 is 1.33 bits per heavy atom. The van der Waals surface area contributed by atoms with Crippen LogP contribution in [0.15, 0.2) is 18.2 Å². The maximum atomic E-state index is 12.2. The minimum Gasteiger partial charge on any atom is -0.508 e. The highest BCUT2D eigenvalue weighted by molar-refractivity contribution is 5.95. The minimum absolute atomic E-state index is 0.124. The van der Waals surface area contributed by atoms with E-state index in [9.17, 15) is 15.0 Å². The van der Waals surface area contributed by atoms with Crippen LogP contribution in [0, 0.1) is 5.92 Å². The first-order valence-electron chi connectivity index (χ1n) is 6.00. The smallest absolute Gasteiger partial charge is 0.254 e. The first kappa shape index (κ1) is 14.3. The molecule has 1 unspecified atom stereocenters. The standard InChI is InChI=1S/C13H20N2O3/c1-3-15(8-9(2)7-14)13(18)10-4-11(16)6-12(17)5-10/h4-6,9,16-17H,3,7-8,14H2,1-2H3. The Balaban J connectivity index is 2.89. The van der Waals surface area contributed by atoms with E-state index in [0.29, 0.717) is 19.6 Å². The van der Waals surface area contributed by atoms with Gasteiger partial charge in [0.25, 0.3) is 5.91 Å². The van der Waals surface area contributed by atoms with Crippen LogP contribution >= 0.6 is 0 Å². The van der Waals surface area contributed by atoms with Crippen LogP contribution in [-0.4, -0.2) is 40.7 Å². The van der Waals surface area contributed by atoms with Crippen LogP contribution < -0.4 is 5.73 Å². The first-order chi connectivity index (χ1) is 8.47. The maximum absolute atomic E-state index is 12.2. The molecule has 0 radical (unpaired) electrons. The zero-order chi connectivity index (χ0) is 13.7. The quantitative estimate of drug-likeness (QED) is 0.733. The lowest BCUT2D eigenvalue weighted by Gasteiger charge is -2.24. The van der Waals surface area contributed by atoms with E-state index in [4.69, 9.17) is 5.73 Å². The Hall–Kier alpha value is -1.75. The fourth-order valence-electron chi connectivity index (χ4n) is 1.71. The van der Waals surface area contributed by atoms with Gasteiger partial charge in [-0.2, -0.15) is 0 Å². The predicted octanol–water partition coefficient (Wildman–Crippen LogP) is 1.15. The topological polar surface area (TPSA) is 86.8 Å². The van der Waals surface area contributed by atoms with Crippen molar-refractivity contribution >= 4 is 5.91 Å². The summed E-state index contributed by atoms with van der Waals surface area (Å²) in [6.45, 7) is 5.47. The molecule has 0 fully saturated rings. The number of hydrogen-bond acceptors (Lipinski definition) is 4. The van der Waals surface area contributed by atoms with Crippen LogP contribution in [0.5, 0.6) is 11.5 Å². The number of phenolic OH excluding ortho intramolecular Hbond substituents is 2. The first-order valence-corrected chi connectivity index (χ1v) is 6.00. The van der Waals surface area contributed by atoms with Gasteiger partial charge >= 0.3 is 0 Å². The van der Waals surface area contributed by atoms with Gasteiger partial charge in [0.2, 0.25) is 0 Å². The van der Waals surface area contributed by atoms with Crippen LogP contribution in [-0.2, 0) is 0 Å². The van der Waals surface area contributed by atoms with Gasteiger partial charge in [-0.25, -0.2) is 0 Å². The van der Waals surface area contributed by atoms with Crippen molar-refractivity contribution in [3.05, 3.63) is 23.8 Å². The third kappa shape index (κ3) is 3.63. The van der Waals surface area contributed by atoms with Crippen molar-refractivity contribution in [1.82, 2.24) is 4.90 Å². The molecule has 1 aromatic carbocycles. The summed E-state index contributed by atoms with van der Waals surface area (Å²) in [5.41, 5.74) is 5.82. The number of rotatable bonds is 5. The second kappa shape index (κ2) is 6.26. The highest BCUT2D eigenvalue weighted by atomic mass is 16.3. The Bertz CT molecular complexity index is 400. The molecule has 0 bridgehead atoms. The Kier molecular flexibility index (Phi) is 4.97. The number of carbonyl (C=O) groups is 1. The van der Waals surface area contributed by atoms with Crippen molar-refractivity contribution in [1.29, 1.82) is 0 Å². The van der Waals surface area contributed by atoms with Gasteiger partial charge in [-0.1, -0.05) is 6.92 Å². The van der Waals surface area contributed by atoms with Crippen molar-refractivity contribution < 1.29 is 15.0 Å². The average Bonchev–Trinajstić information content (AvgIpc) is 2.33. The van der Waals surface area contributed by atoms with Crippen molar-refractivity contribution in [2.75, 3.05) is 19.6 Å². The van der Waals surface area contributed by atoms with Crippen LogP contribution in [0.2, 0.25) is 0 Å². The maximum Gasteiger partial charge on any atom is 0.254 e. The molecule has 1 rings (SSSR count). The van der Waals surface area contributed by atoms with Crippen molar-refractivity contribution in [2.24, 2.45) is 11.7 Å². The minimum atomic E-state index is -0.219. The van der Waals surface area contributed by atoms with Crippen LogP contribution in [0.1, 0.15) is 24.2 Å². The molecule has 4 N–H and O–H groups in total. The molecule has 0 saturated heterocycles. The molecule has 0 saturated carbocycles. The summed E-state index contributed by atoms with van der Waals surface area (Å²) in [7, 11) is 0. The summed E-state index contributed by atoms with van der Waals surface area (Å²) < 4.78 is 0. The van der Waals surface area contributed by atoms with Crippen LogP contribution in [0.4, 0.5) is 0 Å². The molecule has 1 atom stereocenters. The molecule has 1 aromatic rings. The van der Waals surface area contributed by atoms with Crippen LogP contribution in [0.3, 0.4) is 0 Å². The highest BCUT2D eigenvalue weighted by Gasteiger charge is 2.17. The van der Waals surface area contributed by atoms with Gasteiger partial charge < -0.3 is 20.8 Å². The molecule has 0 aliphatic heterocycles. The summed E-state index contributed by atoms with van der Waals surface area (Å²) in [4.78, 5) is 13.8. The third-order valence-electron chi connectivity index (χ3n) is 2.75. The van der Waals surface area contributed by atoms with Crippen LogP contribution in [0.25, 0.3) is 0 Å². The SMILES string of the molecule is CCN(CC(C)CN)C(=O)c1cc(O)cc(O)c1. The van der Waals surface area contributed by atoms with Crippen molar-refractivity contribution in [3.8, 4) is 11.5 Å². The molecule has 0 spiro atoms. The van der Waals surface area contributed by atoms with Gasteiger partial charge in [0.15, 0.2) is 0 Å². The number of amides is 1. The fourth-order valence-corrected chi connectivity index (χ4v) is 1.71. The lowest BCUT2D eigenvalue weighted by Crippen LogP contribution is -2.36.